The van der Waals surface area contributed by atoms with Gasteiger partial charge in [0, 0.05) is 50.7 Å². The lowest BCUT2D eigenvalue weighted by Gasteiger charge is -2.35. The summed E-state index contributed by atoms with van der Waals surface area (Å²) in [6.45, 7) is 5.69. The van der Waals surface area contributed by atoms with E-state index in [2.05, 4.69) is 39.0 Å². The Hall–Kier alpha value is -3.45. The number of β-amino-alcohol motifs (C(OH)–C–C–N with tert-alkyl or cyclic N) is 1. The van der Waals surface area contributed by atoms with Crippen LogP contribution in [0.2, 0.25) is 0 Å². The zero-order valence-corrected chi connectivity index (χ0v) is 19.8. The summed E-state index contributed by atoms with van der Waals surface area (Å²) in [4.78, 5) is 19.8. The number of H-pyrrole nitrogens is 1. The molecule has 4 aromatic rings. The first-order valence-electron chi connectivity index (χ1n) is 12.1. The molecule has 0 radical (unpaired) electrons. The number of fused-ring (bicyclic) bond motifs is 1. The first-order chi connectivity index (χ1) is 17.2. The molecule has 6 nitrogen and oxygen atoms in total. The van der Waals surface area contributed by atoms with Crippen molar-refractivity contribution in [2.75, 3.05) is 32.7 Å². The van der Waals surface area contributed by atoms with Gasteiger partial charge in [0.05, 0.1) is 11.6 Å². The molecule has 1 aliphatic heterocycles. The quantitative estimate of drug-likeness (QED) is 0.409. The van der Waals surface area contributed by atoms with Gasteiger partial charge in [-0.05, 0) is 28.8 Å². The number of piperazine rings is 1. The molecule has 35 heavy (non-hydrogen) atoms. The zero-order chi connectivity index (χ0) is 24.0. The highest BCUT2D eigenvalue weighted by Gasteiger charge is 2.22. The fourth-order valence-corrected chi connectivity index (χ4v) is 4.71. The van der Waals surface area contributed by atoms with E-state index in [4.69, 9.17) is 4.74 Å². The van der Waals surface area contributed by atoms with E-state index < -0.39 is 6.10 Å². The summed E-state index contributed by atoms with van der Waals surface area (Å²) < 4.78 is 6.04. The van der Waals surface area contributed by atoms with E-state index in [9.17, 15) is 9.90 Å². The highest BCUT2D eigenvalue weighted by atomic mass is 16.5. The minimum atomic E-state index is -0.660. The standard InChI is InChI=1S/C29H31N3O3/c33-26(20-32-17-15-31(16-18-32)19-22-7-3-1-4-8-22)24-11-13-27(29-25(24)12-14-28(34)30-29)35-21-23-9-5-2-6-10-23/h1-14,26,33H,15-21H2,(H,30,34). The molecule has 0 aliphatic carbocycles. The second-order valence-corrected chi connectivity index (χ2v) is 9.12. The van der Waals surface area contributed by atoms with Gasteiger partial charge in [0.25, 0.3) is 0 Å². The summed E-state index contributed by atoms with van der Waals surface area (Å²) in [6.07, 6.45) is -0.660. The largest absolute Gasteiger partial charge is 0.487 e. The average Bonchev–Trinajstić information content (AvgIpc) is 2.89. The lowest BCUT2D eigenvalue weighted by Crippen LogP contribution is -2.47. The zero-order valence-electron chi connectivity index (χ0n) is 19.8. The maximum atomic E-state index is 12.1. The molecule has 1 atom stereocenters. The molecule has 0 bridgehead atoms. The van der Waals surface area contributed by atoms with Crippen LogP contribution >= 0.6 is 0 Å². The molecule has 5 rings (SSSR count). The number of nitrogens with one attached hydrogen (secondary N) is 1. The number of rotatable bonds is 8. The van der Waals surface area contributed by atoms with Crippen LogP contribution in [0.1, 0.15) is 22.8 Å². The smallest absolute Gasteiger partial charge is 0.248 e. The number of hydrogen-bond acceptors (Lipinski definition) is 5. The topological polar surface area (TPSA) is 68.8 Å². The number of aromatic amines is 1. The van der Waals surface area contributed by atoms with Crippen LogP contribution in [0.5, 0.6) is 5.75 Å². The number of nitrogens with zero attached hydrogens (tertiary/aromatic N) is 2. The minimum Gasteiger partial charge on any atom is -0.487 e. The molecule has 6 heteroatoms. The van der Waals surface area contributed by atoms with Gasteiger partial charge in [0.1, 0.15) is 12.4 Å². The normalized spacial score (nSPS) is 15.8. The molecule has 3 aromatic carbocycles. The molecule has 1 saturated heterocycles. The van der Waals surface area contributed by atoms with Gasteiger partial charge >= 0.3 is 0 Å². The lowest BCUT2D eigenvalue weighted by atomic mass is 10.0. The van der Waals surface area contributed by atoms with Crippen LogP contribution in [0.25, 0.3) is 10.9 Å². The summed E-state index contributed by atoms with van der Waals surface area (Å²) in [5.74, 6) is 0.604. The van der Waals surface area contributed by atoms with E-state index in [1.165, 1.54) is 11.6 Å². The van der Waals surface area contributed by atoms with Crippen LogP contribution in [0, 0.1) is 0 Å². The van der Waals surface area contributed by atoms with Crippen molar-refractivity contribution in [3.8, 4) is 5.75 Å². The van der Waals surface area contributed by atoms with Crippen LogP contribution in [0.3, 0.4) is 0 Å². The van der Waals surface area contributed by atoms with E-state index in [0.29, 0.717) is 24.4 Å². The fourth-order valence-electron chi connectivity index (χ4n) is 4.71. The molecule has 180 valence electrons. The Bertz CT molecular complexity index is 1300. The number of ether oxygens (including phenoxy) is 1. The number of pyridine rings is 1. The van der Waals surface area contributed by atoms with Crippen molar-refractivity contribution in [2.24, 2.45) is 0 Å². The van der Waals surface area contributed by atoms with Crippen molar-refractivity contribution in [3.63, 3.8) is 0 Å². The first kappa shape index (κ1) is 23.3. The Morgan fingerprint density at radius 1 is 0.800 bits per heavy atom. The molecule has 0 saturated carbocycles. The Morgan fingerprint density at radius 3 is 2.17 bits per heavy atom. The van der Waals surface area contributed by atoms with Gasteiger partial charge in [-0.25, -0.2) is 0 Å². The van der Waals surface area contributed by atoms with Crippen LogP contribution in [-0.4, -0.2) is 52.6 Å². The van der Waals surface area contributed by atoms with Crippen molar-refractivity contribution in [1.82, 2.24) is 14.8 Å². The monoisotopic (exact) mass is 469 g/mol. The van der Waals surface area contributed by atoms with E-state index >= 15 is 0 Å². The number of benzene rings is 3. The number of aliphatic hydroxyl groups excluding tert-OH is 1. The van der Waals surface area contributed by atoms with Crippen molar-refractivity contribution in [2.45, 2.75) is 19.3 Å². The molecule has 2 heterocycles. The second-order valence-electron chi connectivity index (χ2n) is 9.12. The molecular weight excluding hydrogens is 438 g/mol. The number of hydrogen-bond donors (Lipinski definition) is 2. The van der Waals surface area contributed by atoms with Crippen LogP contribution < -0.4 is 10.3 Å². The molecule has 2 N–H and O–H groups in total. The third-order valence-corrected chi connectivity index (χ3v) is 6.63. The SMILES string of the molecule is O=c1ccc2c(C(O)CN3CCN(Cc4ccccc4)CC3)ccc(OCc3ccccc3)c2[nH]1. The van der Waals surface area contributed by atoms with Gasteiger partial charge < -0.3 is 14.8 Å². The second kappa shape index (κ2) is 10.9. The summed E-state index contributed by atoms with van der Waals surface area (Å²) in [7, 11) is 0. The van der Waals surface area contributed by atoms with Gasteiger partial charge in [-0.2, -0.15) is 0 Å². The molecule has 1 aliphatic rings. The summed E-state index contributed by atoms with van der Waals surface area (Å²) >= 11 is 0. The summed E-state index contributed by atoms with van der Waals surface area (Å²) in [5, 5.41) is 12.0. The molecule has 1 aromatic heterocycles. The number of aliphatic hydroxyl groups is 1. The van der Waals surface area contributed by atoms with Gasteiger partial charge in [-0.15, -0.1) is 0 Å². The predicted octanol–water partition coefficient (Wildman–Crippen LogP) is 3.96. The van der Waals surface area contributed by atoms with E-state index in [0.717, 1.165) is 49.2 Å². The molecule has 0 spiro atoms. The molecule has 1 fully saturated rings. The molecule has 0 amide bonds. The number of aromatic nitrogens is 1. The van der Waals surface area contributed by atoms with E-state index in [1.54, 1.807) is 6.07 Å². The van der Waals surface area contributed by atoms with E-state index in [-0.39, 0.29) is 5.56 Å². The van der Waals surface area contributed by atoms with Gasteiger partial charge in [-0.3, -0.25) is 14.6 Å². The Morgan fingerprint density at radius 2 is 1.46 bits per heavy atom. The summed E-state index contributed by atoms with van der Waals surface area (Å²) in [6, 6.07) is 27.5. The van der Waals surface area contributed by atoms with Crippen LogP contribution in [0.15, 0.2) is 89.7 Å². The highest BCUT2D eigenvalue weighted by Crippen LogP contribution is 2.31. The molecular formula is C29H31N3O3. The average molecular weight is 470 g/mol. The van der Waals surface area contributed by atoms with Crippen molar-refractivity contribution in [1.29, 1.82) is 0 Å². The third kappa shape index (κ3) is 5.80. The highest BCUT2D eigenvalue weighted by molar-refractivity contribution is 5.87. The Kier molecular flexibility index (Phi) is 7.23. The van der Waals surface area contributed by atoms with Crippen molar-refractivity contribution in [3.05, 3.63) is 112 Å². The minimum absolute atomic E-state index is 0.191. The third-order valence-electron chi connectivity index (χ3n) is 6.63. The van der Waals surface area contributed by atoms with Crippen LogP contribution in [0.4, 0.5) is 0 Å². The molecule has 1 unspecified atom stereocenters. The maximum Gasteiger partial charge on any atom is 0.248 e. The summed E-state index contributed by atoms with van der Waals surface area (Å²) in [5.41, 5.74) is 3.61. The maximum absolute atomic E-state index is 12.1. The van der Waals surface area contributed by atoms with E-state index in [1.807, 2.05) is 48.5 Å². The first-order valence-corrected chi connectivity index (χ1v) is 12.1. The van der Waals surface area contributed by atoms with Gasteiger partial charge in [0.2, 0.25) is 5.56 Å². The fraction of sp³-hybridized carbons (Fsp3) is 0.276. The van der Waals surface area contributed by atoms with Crippen molar-refractivity contribution >= 4 is 10.9 Å². The van der Waals surface area contributed by atoms with Crippen molar-refractivity contribution < 1.29 is 9.84 Å². The lowest BCUT2D eigenvalue weighted by molar-refractivity contribution is 0.0707. The Balaban J connectivity index is 1.26. The predicted molar refractivity (Wildman–Crippen MR) is 138 cm³/mol. The van der Waals surface area contributed by atoms with Gasteiger partial charge in [-0.1, -0.05) is 66.7 Å². The van der Waals surface area contributed by atoms with Gasteiger partial charge in [0.15, 0.2) is 0 Å². The Labute approximate surface area is 205 Å². The van der Waals surface area contributed by atoms with Crippen LogP contribution in [-0.2, 0) is 13.2 Å².